The highest BCUT2D eigenvalue weighted by Crippen LogP contribution is 2.29. The zero-order chi connectivity index (χ0) is 26.3. The molecule has 7 nitrogen and oxygen atoms in total. The number of carbonyl (C=O) groups excluding carboxylic acids is 3. The molecule has 7 heteroatoms. The van der Waals surface area contributed by atoms with Crippen molar-refractivity contribution in [3.8, 4) is 0 Å². The van der Waals surface area contributed by atoms with Gasteiger partial charge >= 0.3 is 6.09 Å². The molecule has 0 aliphatic rings. The minimum Gasteiger partial charge on any atom is -0.444 e. The molecule has 34 heavy (non-hydrogen) atoms. The number of ether oxygens (including phenoxy) is 1. The van der Waals surface area contributed by atoms with Crippen molar-refractivity contribution in [3.63, 3.8) is 0 Å². The Kier molecular flexibility index (Phi) is 10.6. The van der Waals surface area contributed by atoms with Gasteiger partial charge in [-0.25, -0.2) is 4.79 Å². The number of nitrogens with zero attached hydrogens (tertiary/aromatic N) is 1. The third-order valence-corrected chi connectivity index (χ3v) is 5.26. The number of unbranched alkanes of at least 4 members (excludes halogenated alkanes) is 2. The molecule has 0 heterocycles. The molecular weight excluding hydrogens is 430 g/mol. The van der Waals surface area contributed by atoms with Gasteiger partial charge in [0.25, 0.3) is 0 Å². The standard InChI is InChI=1S/C27H45N3O4/c1-11-12-13-17-30(24(32)20(4)28-25(33)34-27(8,9)10)22(23(31)29-26(5,6)7)21-18(2)15-14-16-19(21)3/h14-16,20,22H,11-13,17H2,1-10H3,(H,28,33)(H,29,31). The van der Waals surface area contributed by atoms with Gasteiger partial charge in [0.1, 0.15) is 17.7 Å². The van der Waals surface area contributed by atoms with Gasteiger partial charge in [0.05, 0.1) is 0 Å². The van der Waals surface area contributed by atoms with E-state index in [0.717, 1.165) is 36.0 Å². The lowest BCUT2D eigenvalue weighted by atomic mass is 9.92. The first-order valence-electron chi connectivity index (χ1n) is 12.3. The molecule has 0 radical (unpaired) electrons. The Bertz CT molecular complexity index is 832. The van der Waals surface area contributed by atoms with Crippen LogP contribution in [0.5, 0.6) is 0 Å². The van der Waals surface area contributed by atoms with Crippen LogP contribution in [0.25, 0.3) is 0 Å². The zero-order valence-electron chi connectivity index (χ0n) is 22.8. The number of hydrogen-bond donors (Lipinski definition) is 2. The summed E-state index contributed by atoms with van der Waals surface area (Å²) in [6.45, 7) is 19.1. The highest BCUT2D eigenvalue weighted by atomic mass is 16.6. The van der Waals surface area contributed by atoms with Gasteiger partial charge in [0.15, 0.2) is 0 Å². The summed E-state index contributed by atoms with van der Waals surface area (Å²) in [4.78, 5) is 41.3. The monoisotopic (exact) mass is 475 g/mol. The second-order valence-corrected chi connectivity index (χ2v) is 11.1. The molecule has 0 bridgehead atoms. The molecular formula is C27H45N3O4. The molecule has 0 fully saturated rings. The lowest BCUT2D eigenvalue weighted by Crippen LogP contribution is -2.54. The third-order valence-electron chi connectivity index (χ3n) is 5.26. The quantitative estimate of drug-likeness (QED) is 0.481. The van der Waals surface area contributed by atoms with E-state index in [9.17, 15) is 14.4 Å². The molecule has 1 aromatic carbocycles. The molecule has 0 aliphatic carbocycles. The molecule has 2 unspecified atom stereocenters. The van der Waals surface area contributed by atoms with Crippen LogP contribution in [0.3, 0.4) is 0 Å². The summed E-state index contributed by atoms with van der Waals surface area (Å²) in [7, 11) is 0. The Hall–Kier alpha value is -2.57. The van der Waals surface area contributed by atoms with Gasteiger partial charge in [-0.1, -0.05) is 38.0 Å². The van der Waals surface area contributed by atoms with E-state index in [2.05, 4.69) is 17.6 Å². The second-order valence-electron chi connectivity index (χ2n) is 11.1. The lowest BCUT2D eigenvalue weighted by Gasteiger charge is -2.36. The average molecular weight is 476 g/mol. The van der Waals surface area contributed by atoms with E-state index >= 15 is 0 Å². The molecule has 0 aliphatic heterocycles. The van der Waals surface area contributed by atoms with Gasteiger partial charge in [-0.3, -0.25) is 9.59 Å². The van der Waals surface area contributed by atoms with Crippen molar-refractivity contribution in [3.05, 3.63) is 34.9 Å². The van der Waals surface area contributed by atoms with Crippen molar-refractivity contribution in [2.24, 2.45) is 0 Å². The van der Waals surface area contributed by atoms with E-state index in [0.29, 0.717) is 6.54 Å². The van der Waals surface area contributed by atoms with Crippen LogP contribution in [0.2, 0.25) is 0 Å². The van der Waals surface area contributed by atoms with Gasteiger partial charge < -0.3 is 20.3 Å². The maximum atomic E-state index is 13.7. The Morgan fingerprint density at radius 3 is 2.03 bits per heavy atom. The first kappa shape index (κ1) is 29.5. The fourth-order valence-corrected chi connectivity index (χ4v) is 3.82. The van der Waals surface area contributed by atoms with E-state index in [1.807, 2.05) is 52.8 Å². The normalized spacial score (nSPS) is 13.6. The molecule has 0 saturated heterocycles. The zero-order valence-corrected chi connectivity index (χ0v) is 22.8. The molecule has 0 aromatic heterocycles. The Balaban J connectivity index is 3.45. The third kappa shape index (κ3) is 9.35. The summed E-state index contributed by atoms with van der Waals surface area (Å²) in [5.41, 5.74) is 1.55. The molecule has 0 spiro atoms. The first-order valence-corrected chi connectivity index (χ1v) is 12.3. The summed E-state index contributed by atoms with van der Waals surface area (Å²) >= 11 is 0. The van der Waals surface area contributed by atoms with Crippen LogP contribution in [0.4, 0.5) is 4.79 Å². The van der Waals surface area contributed by atoms with E-state index in [1.165, 1.54) is 0 Å². The maximum absolute atomic E-state index is 13.7. The number of amides is 3. The number of carbonyl (C=O) groups is 3. The van der Waals surface area contributed by atoms with Crippen LogP contribution < -0.4 is 10.6 Å². The fourth-order valence-electron chi connectivity index (χ4n) is 3.82. The van der Waals surface area contributed by atoms with Crippen molar-refractivity contribution < 1.29 is 19.1 Å². The van der Waals surface area contributed by atoms with Crippen molar-refractivity contribution in [1.29, 1.82) is 0 Å². The van der Waals surface area contributed by atoms with Gasteiger partial charge in [-0.15, -0.1) is 0 Å². The highest BCUT2D eigenvalue weighted by Gasteiger charge is 2.37. The number of aryl methyl sites for hydroxylation is 2. The van der Waals surface area contributed by atoms with Crippen molar-refractivity contribution in [1.82, 2.24) is 15.5 Å². The molecule has 1 aromatic rings. The van der Waals surface area contributed by atoms with Crippen LogP contribution in [-0.2, 0) is 14.3 Å². The number of hydrogen-bond acceptors (Lipinski definition) is 4. The lowest BCUT2D eigenvalue weighted by molar-refractivity contribution is -0.143. The van der Waals surface area contributed by atoms with E-state index in [4.69, 9.17) is 4.74 Å². The van der Waals surface area contributed by atoms with Crippen LogP contribution in [0.15, 0.2) is 18.2 Å². The summed E-state index contributed by atoms with van der Waals surface area (Å²) in [5, 5.41) is 5.71. The molecule has 3 amide bonds. The average Bonchev–Trinajstić information content (AvgIpc) is 2.65. The van der Waals surface area contributed by atoms with Gasteiger partial charge in [0, 0.05) is 12.1 Å². The van der Waals surface area contributed by atoms with Gasteiger partial charge in [-0.05, 0) is 85.4 Å². The summed E-state index contributed by atoms with van der Waals surface area (Å²) < 4.78 is 5.33. The topological polar surface area (TPSA) is 87.7 Å². The van der Waals surface area contributed by atoms with E-state index in [-0.39, 0.29) is 11.8 Å². The van der Waals surface area contributed by atoms with Crippen LogP contribution in [0.1, 0.15) is 97.4 Å². The van der Waals surface area contributed by atoms with Crippen molar-refractivity contribution >= 4 is 17.9 Å². The Morgan fingerprint density at radius 2 is 1.56 bits per heavy atom. The van der Waals surface area contributed by atoms with Crippen molar-refractivity contribution in [2.75, 3.05) is 6.54 Å². The van der Waals surface area contributed by atoms with Crippen LogP contribution in [0, 0.1) is 13.8 Å². The number of benzene rings is 1. The fraction of sp³-hybridized carbons (Fsp3) is 0.667. The first-order chi connectivity index (χ1) is 15.6. The SMILES string of the molecule is CCCCCN(C(=O)C(C)NC(=O)OC(C)(C)C)C(C(=O)NC(C)(C)C)c1c(C)cccc1C. The highest BCUT2D eigenvalue weighted by molar-refractivity contribution is 5.92. The molecule has 2 atom stereocenters. The number of alkyl carbamates (subject to hydrolysis) is 1. The molecule has 1 rings (SSSR count). The van der Waals surface area contributed by atoms with Gasteiger partial charge in [-0.2, -0.15) is 0 Å². The van der Waals surface area contributed by atoms with Crippen LogP contribution in [-0.4, -0.2) is 46.5 Å². The number of nitrogens with one attached hydrogen (secondary N) is 2. The summed E-state index contributed by atoms with van der Waals surface area (Å²) in [5.74, 6) is -0.558. The smallest absolute Gasteiger partial charge is 0.408 e. The van der Waals surface area contributed by atoms with E-state index < -0.39 is 29.3 Å². The van der Waals surface area contributed by atoms with Gasteiger partial charge in [0.2, 0.25) is 11.8 Å². The predicted molar refractivity (Wildman–Crippen MR) is 137 cm³/mol. The molecule has 0 saturated carbocycles. The second kappa shape index (κ2) is 12.2. The predicted octanol–water partition coefficient (Wildman–Crippen LogP) is 5.19. The molecule has 192 valence electrons. The molecule has 2 N–H and O–H groups in total. The Morgan fingerprint density at radius 1 is 1.00 bits per heavy atom. The Labute approximate surface area is 206 Å². The van der Waals surface area contributed by atoms with E-state index in [1.54, 1.807) is 32.6 Å². The minimum absolute atomic E-state index is 0.237. The summed E-state index contributed by atoms with van der Waals surface area (Å²) in [6.07, 6.45) is 2.00. The maximum Gasteiger partial charge on any atom is 0.408 e. The van der Waals surface area contributed by atoms with Crippen LogP contribution >= 0.6 is 0 Å². The largest absolute Gasteiger partial charge is 0.444 e. The minimum atomic E-state index is -0.856. The summed E-state index contributed by atoms with van der Waals surface area (Å²) in [6, 6.07) is 4.19. The van der Waals surface area contributed by atoms with Crippen molar-refractivity contribution in [2.45, 2.75) is 112 Å². The number of rotatable bonds is 9.